The molecule has 1 aromatic carbocycles. The molecule has 0 heterocycles. The van der Waals surface area contributed by atoms with E-state index in [0.29, 0.717) is 5.75 Å². The van der Waals surface area contributed by atoms with Crippen molar-refractivity contribution in [2.24, 2.45) is 0 Å². The fourth-order valence-electron chi connectivity index (χ4n) is 1.52. The molecule has 1 aromatic rings. The summed E-state index contributed by atoms with van der Waals surface area (Å²) < 4.78 is 10.5. The van der Waals surface area contributed by atoms with Gasteiger partial charge >= 0.3 is 5.97 Å². The summed E-state index contributed by atoms with van der Waals surface area (Å²) in [5, 5.41) is 9.04. The number of Topliss-reactive ketones (excluding diaryl/α,β-unsaturated/α-hetero) is 1. The van der Waals surface area contributed by atoms with E-state index in [-0.39, 0.29) is 28.8 Å². The Labute approximate surface area is 105 Å². The maximum absolute atomic E-state index is 11.5. The van der Waals surface area contributed by atoms with Gasteiger partial charge in [0.05, 0.1) is 18.8 Å². The number of methoxy groups -OCH3 is 1. The van der Waals surface area contributed by atoms with Crippen molar-refractivity contribution in [1.29, 1.82) is 0 Å². The minimum atomic E-state index is -1.15. The molecule has 0 radical (unpaired) electrons. The first-order valence-electron chi connectivity index (χ1n) is 5.49. The molecule has 0 aliphatic heterocycles. The van der Waals surface area contributed by atoms with Crippen LogP contribution in [0, 0.1) is 0 Å². The van der Waals surface area contributed by atoms with Gasteiger partial charge in [0.25, 0.3) is 0 Å². The lowest BCUT2D eigenvalue weighted by atomic mass is 10.1. The molecule has 0 fully saturated rings. The number of rotatable bonds is 5. The highest BCUT2D eigenvalue weighted by Crippen LogP contribution is 2.30. The number of aromatic carboxylic acids is 1. The molecule has 0 amide bonds. The Balaban J connectivity index is 3.41. The molecular weight excluding hydrogens is 236 g/mol. The molecule has 18 heavy (non-hydrogen) atoms. The Morgan fingerprint density at radius 1 is 1.17 bits per heavy atom. The van der Waals surface area contributed by atoms with E-state index in [0.717, 1.165) is 0 Å². The molecule has 1 N–H and O–H groups in total. The first-order valence-corrected chi connectivity index (χ1v) is 5.49. The van der Waals surface area contributed by atoms with Crippen LogP contribution in [-0.2, 0) is 0 Å². The monoisotopic (exact) mass is 252 g/mol. The third kappa shape index (κ3) is 3.00. The van der Waals surface area contributed by atoms with Crippen molar-refractivity contribution < 1.29 is 24.2 Å². The molecule has 0 spiro atoms. The van der Waals surface area contributed by atoms with Gasteiger partial charge in [-0.2, -0.15) is 0 Å². The van der Waals surface area contributed by atoms with Crippen molar-refractivity contribution in [3.8, 4) is 11.5 Å². The smallest absolute Gasteiger partial charge is 0.339 e. The number of carboxylic acid groups (broad SMARTS) is 1. The van der Waals surface area contributed by atoms with Gasteiger partial charge in [0.2, 0.25) is 0 Å². The third-order valence-corrected chi connectivity index (χ3v) is 2.27. The van der Waals surface area contributed by atoms with E-state index in [1.807, 2.05) is 13.8 Å². The molecule has 5 nitrogen and oxygen atoms in total. The van der Waals surface area contributed by atoms with Gasteiger partial charge in [-0.25, -0.2) is 4.79 Å². The average molecular weight is 252 g/mol. The largest absolute Gasteiger partial charge is 0.496 e. The second kappa shape index (κ2) is 5.53. The van der Waals surface area contributed by atoms with Crippen molar-refractivity contribution in [2.75, 3.05) is 7.11 Å². The first kappa shape index (κ1) is 14.0. The van der Waals surface area contributed by atoms with Gasteiger partial charge in [-0.3, -0.25) is 4.79 Å². The third-order valence-electron chi connectivity index (χ3n) is 2.27. The molecule has 0 unspecified atom stereocenters. The van der Waals surface area contributed by atoms with Gasteiger partial charge in [0, 0.05) is 6.07 Å². The number of benzene rings is 1. The van der Waals surface area contributed by atoms with Crippen LogP contribution in [0.5, 0.6) is 11.5 Å². The average Bonchev–Trinajstić information content (AvgIpc) is 2.26. The summed E-state index contributed by atoms with van der Waals surface area (Å²) in [6.45, 7) is 5.00. The zero-order valence-electron chi connectivity index (χ0n) is 10.8. The Morgan fingerprint density at radius 2 is 1.78 bits per heavy atom. The predicted octanol–water partition coefficient (Wildman–Crippen LogP) is 2.38. The molecule has 0 bridgehead atoms. The van der Waals surface area contributed by atoms with E-state index in [1.165, 1.54) is 26.2 Å². The maximum Gasteiger partial charge on any atom is 0.339 e. The van der Waals surface area contributed by atoms with Crippen molar-refractivity contribution in [1.82, 2.24) is 0 Å². The molecule has 98 valence electrons. The van der Waals surface area contributed by atoms with Gasteiger partial charge in [0.15, 0.2) is 5.78 Å². The topological polar surface area (TPSA) is 72.8 Å². The Kier molecular flexibility index (Phi) is 4.31. The van der Waals surface area contributed by atoms with Crippen LogP contribution in [0.2, 0.25) is 0 Å². The normalized spacial score (nSPS) is 10.3. The van der Waals surface area contributed by atoms with Gasteiger partial charge in [-0.1, -0.05) is 0 Å². The van der Waals surface area contributed by atoms with E-state index < -0.39 is 5.97 Å². The fraction of sp³-hybridized carbons (Fsp3) is 0.385. The van der Waals surface area contributed by atoms with E-state index >= 15 is 0 Å². The van der Waals surface area contributed by atoms with E-state index in [4.69, 9.17) is 14.6 Å². The minimum Gasteiger partial charge on any atom is -0.496 e. The van der Waals surface area contributed by atoms with Crippen LogP contribution < -0.4 is 9.47 Å². The number of carbonyl (C=O) groups excluding carboxylic acids is 1. The van der Waals surface area contributed by atoms with Gasteiger partial charge in [0.1, 0.15) is 17.1 Å². The van der Waals surface area contributed by atoms with Crippen LogP contribution in [0.1, 0.15) is 41.5 Å². The zero-order valence-corrected chi connectivity index (χ0v) is 10.8. The summed E-state index contributed by atoms with van der Waals surface area (Å²) >= 11 is 0. The highest BCUT2D eigenvalue weighted by Gasteiger charge is 2.19. The molecule has 0 saturated carbocycles. The fourth-order valence-corrected chi connectivity index (χ4v) is 1.52. The lowest BCUT2D eigenvalue weighted by Crippen LogP contribution is -2.11. The van der Waals surface area contributed by atoms with Crippen LogP contribution in [0.25, 0.3) is 0 Å². The second-order valence-corrected chi connectivity index (χ2v) is 4.08. The summed E-state index contributed by atoms with van der Waals surface area (Å²) in [5.74, 6) is -0.899. The van der Waals surface area contributed by atoms with Crippen LogP contribution >= 0.6 is 0 Å². The van der Waals surface area contributed by atoms with Crippen LogP contribution in [-0.4, -0.2) is 30.1 Å². The standard InChI is InChI=1S/C13H16O5/c1-7(2)18-12-6-11(17-4)10(13(15)16)5-9(12)8(3)14/h5-7H,1-4H3,(H,15,16). The molecule has 0 aromatic heterocycles. The van der Waals surface area contributed by atoms with Crippen molar-refractivity contribution in [3.63, 3.8) is 0 Å². The Bertz CT molecular complexity index is 477. The van der Waals surface area contributed by atoms with Crippen molar-refractivity contribution >= 4 is 11.8 Å². The van der Waals surface area contributed by atoms with Gasteiger partial charge in [-0.15, -0.1) is 0 Å². The second-order valence-electron chi connectivity index (χ2n) is 4.08. The van der Waals surface area contributed by atoms with Gasteiger partial charge < -0.3 is 14.6 Å². The molecule has 5 heteroatoms. The number of carboxylic acids is 1. The van der Waals surface area contributed by atoms with E-state index in [2.05, 4.69) is 0 Å². The van der Waals surface area contributed by atoms with E-state index in [1.54, 1.807) is 0 Å². The lowest BCUT2D eigenvalue weighted by molar-refractivity contribution is 0.0693. The number of ketones is 1. The number of hydrogen-bond donors (Lipinski definition) is 1. The molecule has 0 aliphatic rings. The molecule has 0 atom stereocenters. The SMILES string of the molecule is COc1cc(OC(C)C)c(C(C)=O)cc1C(=O)O. The van der Waals surface area contributed by atoms with Crippen LogP contribution in [0.3, 0.4) is 0 Å². The molecule has 0 aliphatic carbocycles. The quantitative estimate of drug-likeness (QED) is 0.814. The molecule has 1 rings (SSSR count). The molecule has 0 saturated heterocycles. The Hall–Kier alpha value is -2.04. The zero-order chi connectivity index (χ0) is 13.9. The minimum absolute atomic E-state index is 0.0567. The molecular formula is C13H16O5. The highest BCUT2D eigenvalue weighted by atomic mass is 16.5. The summed E-state index contributed by atoms with van der Waals surface area (Å²) in [7, 11) is 1.37. The number of hydrogen-bond acceptors (Lipinski definition) is 4. The predicted molar refractivity (Wildman–Crippen MR) is 65.7 cm³/mol. The number of ether oxygens (including phenoxy) is 2. The van der Waals surface area contributed by atoms with Crippen LogP contribution in [0.15, 0.2) is 12.1 Å². The summed E-state index contributed by atoms with van der Waals surface area (Å²) in [6.07, 6.45) is -0.122. The first-order chi connectivity index (χ1) is 8.36. The summed E-state index contributed by atoms with van der Waals surface area (Å²) in [4.78, 5) is 22.6. The van der Waals surface area contributed by atoms with Crippen LogP contribution in [0.4, 0.5) is 0 Å². The lowest BCUT2D eigenvalue weighted by Gasteiger charge is -2.15. The maximum atomic E-state index is 11.5. The highest BCUT2D eigenvalue weighted by molar-refractivity contribution is 6.01. The van der Waals surface area contributed by atoms with Crippen molar-refractivity contribution in [3.05, 3.63) is 23.3 Å². The number of carbonyl (C=O) groups is 2. The van der Waals surface area contributed by atoms with E-state index in [9.17, 15) is 9.59 Å². The van der Waals surface area contributed by atoms with Crippen molar-refractivity contribution in [2.45, 2.75) is 26.9 Å². The summed E-state index contributed by atoms with van der Waals surface area (Å²) in [5.41, 5.74) is 0.181. The van der Waals surface area contributed by atoms with Gasteiger partial charge in [-0.05, 0) is 26.8 Å². The summed E-state index contributed by atoms with van der Waals surface area (Å²) in [6, 6.07) is 2.71. The Morgan fingerprint density at radius 3 is 2.17 bits per heavy atom.